The summed E-state index contributed by atoms with van der Waals surface area (Å²) < 4.78 is 13.1. The summed E-state index contributed by atoms with van der Waals surface area (Å²) in [6.45, 7) is 0. The lowest BCUT2D eigenvalue weighted by Crippen LogP contribution is -2.18. The SMILES string of the molecule is N#CC(Sc1cccc(F)c1)C1CCCCC1. The van der Waals surface area contributed by atoms with Crippen LogP contribution in [-0.2, 0) is 0 Å². The maximum atomic E-state index is 13.1. The average Bonchev–Trinajstić information content (AvgIpc) is 2.37. The van der Waals surface area contributed by atoms with Crippen LogP contribution in [0, 0.1) is 23.1 Å². The summed E-state index contributed by atoms with van der Waals surface area (Å²) >= 11 is 1.51. The van der Waals surface area contributed by atoms with Crippen molar-refractivity contribution in [3.05, 3.63) is 30.1 Å². The lowest BCUT2D eigenvalue weighted by atomic mass is 9.87. The molecule has 0 aliphatic heterocycles. The Morgan fingerprint density at radius 1 is 1.29 bits per heavy atom. The zero-order chi connectivity index (χ0) is 12.1. The summed E-state index contributed by atoms with van der Waals surface area (Å²) in [6.07, 6.45) is 6.03. The Hall–Kier alpha value is -1.01. The van der Waals surface area contributed by atoms with E-state index < -0.39 is 0 Å². The number of halogens is 1. The Morgan fingerprint density at radius 3 is 2.71 bits per heavy atom. The average molecular weight is 249 g/mol. The maximum absolute atomic E-state index is 13.1. The molecule has 0 aromatic heterocycles. The van der Waals surface area contributed by atoms with Crippen molar-refractivity contribution in [3.63, 3.8) is 0 Å². The summed E-state index contributed by atoms with van der Waals surface area (Å²) in [7, 11) is 0. The van der Waals surface area contributed by atoms with Crippen molar-refractivity contribution in [1.82, 2.24) is 0 Å². The largest absolute Gasteiger partial charge is 0.207 e. The van der Waals surface area contributed by atoms with Gasteiger partial charge in [0.15, 0.2) is 0 Å². The van der Waals surface area contributed by atoms with E-state index in [-0.39, 0.29) is 11.1 Å². The van der Waals surface area contributed by atoms with Gasteiger partial charge in [0, 0.05) is 4.90 Å². The van der Waals surface area contributed by atoms with Crippen LogP contribution in [0.5, 0.6) is 0 Å². The highest BCUT2D eigenvalue weighted by atomic mass is 32.2. The van der Waals surface area contributed by atoms with E-state index in [9.17, 15) is 9.65 Å². The Bertz CT molecular complexity index is 407. The molecule has 1 nitrogen and oxygen atoms in total. The van der Waals surface area contributed by atoms with E-state index in [2.05, 4.69) is 6.07 Å². The highest BCUT2D eigenvalue weighted by Crippen LogP contribution is 2.35. The topological polar surface area (TPSA) is 23.8 Å². The van der Waals surface area contributed by atoms with Crippen molar-refractivity contribution < 1.29 is 4.39 Å². The highest BCUT2D eigenvalue weighted by molar-refractivity contribution is 8.00. The smallest absolute Gasteiger partial charge is 0.124 e. The fourth-order valence-electron chi connectivity index (χ4n) is 2.35. The minimum absolute atomic E-state index is 0.0305. The Balaban J connectivity index is 2.02. The molecule has 1 aliphatic carbocycles. The van der Waals surface area contributed by atoms with Crippen LogP contribution in [0.4, 0.5) is 4.39 Å². The van der Waals surface area contributed by atoms with E-state index in [0.717, 1.165) is 17.7 Å². The van der Waals surface area contributed by atoms with Crippen LogP contribution in [0.25, 0.3) is 0 Å². The molecule has 1 aliphatic rings. The molecule has 0 heterocycles. The molecule has 0 amide bonds. The van der Waals surface area contributed by atoms with Gasteiger partial charge in [-0.15, -0.1) is 11.8 Å². The number of hydrogen-bond acceptors (Lipinski definition) is 2. The zero-order valence-electron chi connectivity index (χ0n) is 9.73. The van der Waals surface area contributed by atoms with Gasteiger partial charge in [-0.25, -0.2) is 4.39 Å². The minimum Gasteiger partial charge on any atom is -0.207 e. The number of benzene rings is 1. The van der Waals surface area contributed by atoms with E-state index >= 15 is 0 Å². The third-order valence-corrected chi connectivity index (χ3v) is 4.53. The molecule has 1 unspecified atom stereocenters. The van der Waals surface area contributed by atoms with Crippen LogP contribution in [0.1, 0.15) is 32.1 Å². The van der Waals surface area contributed by atoms with E-state index in [1.807, 2.05) is 6.07 Å². The third-order valence-electron chi connectivity index (χ3n) is 3.26. The number of rotatable bonds is 3. The van der Waals surface area contributed by atoms with Crippen molar-refractivity contribution in [2.45, 2.75) is 42.2 Å². The van der Waals surface area contributed by atoms with Crippen LogP contribution >= 0.6 is 11.8 Å². The molecule has 3 heteroatoms. The Kier molecular flexibility index (Phi) is 4.44. The Morgan fingerprint density at radius 2 is 2.06 bits per heavy atom. The van der Waals surface area contributed by atoms with Gasteiger partial charge in [-0.05, 0) is 37.0 Å². The first-order chi connectivity index (χ1) is 8.29. The first-order valence-electron chi connectivity index (χ1n) is 6.11. The van der Waals surface area contributed by atoms with Gasteiger partial charge in [-0.2, -0.15) is 5.26 Å². The molecular formula is C14H16FNS. The second kappa shape index (κ2) is 6.07. The summed E-state index contributed by atoms with van der Waals surface area (Å²) in [4.78, 5) is 0.863. The number of hydrogen-bond donors (Lipinski definition) is 0. The molecule has 1 fully saturated rings. The monoisotopic (exact) mass is 249 g/mol. The summed E-state index contributed by atoms with van der Waals surface area (Å²) in [5, 5.41) is 9.21. The fraction of sp³-hybridized carbons (Fsp3) is 0.500. The van der Waals surface area contributed by atoms with Gasteiger partial charge in [0.2, 0.25) is 0 Å². The molecule has 0 spiro atoms. The van der Waals surface area contributed by atoms with Crippen molar-refractivity contribution in [2.24, 2.45) is 5.92 Å². The quantitative estimate of drug-likeness (QED) is 0.742. The Labute approximate surface area is 106 Å². The molecule has 0 bridgehead atoms. The van der Waals surface area contributed by atoms with Crippen LogP contribution in [0.2, 0.25) is 0 Å². The normalized spacial score (nSPS) is 18.6. The van der Waals surface area contributed by atoms with Gasteiger partial charge in [-0.3, -0.25) is 0 Å². The zero-order valence-corrected chi connectivity index (χ0v) is 10.5. The first kappa shape index (κ1) is 12.4. The van der Waals surface area contributed by atoms with Crippen LogP contribution < -0.4 is 0 Å². The number of nitrogens with zero attached hydrogens (tertiary/aromatic N) is 1. The molecule has 0 radical (unpaired) electrons. The van der Waals surface area contributed by atoms with E-state index in [1.165, 1.54) is 43.2 Å². The van der Waals surface area contributed by atoms with Gasteiger partial charge < -0.3 is 0 Å². The van der Waals surface area contributed by atoms with Gasteiger partial charge in [0.1, 0.15) is 5.82 Å². The lowest BCUT2D eigenvalue weighted by Gasteiger charge is -2.25. The summed E-state index contributed by atoms with van der Waals surface area (Å²) in [5.41, 5.74) is 0. The second-order valence-electron chi connectivity index (χ2n) is 4.52. The molecule has 90 valence electrons. The molecule has 0 saturated heterocycles. The predicted molar refractivity (Wildman–Crippen MR) is 68.2 cm³/mol. The van der Waals surface area contributed by atoms with Crippen LogP contribution in [0.3, 0.4) is 0 Å². The van der Waals surface area contributed by atoms with E-state index in [1.54, 1.807) is 6.07 Å². The molecule has 2 rings (SSSR count). The van der Waals surface area contributed by atoms with Gasteiger partial charge >= 0.3 is 0 Å². The van der Waals surface area contributed by atoms with Crippen molar-refractivity contribution in [2.75, 3.05) is 0 Å². The van der Waals surface area contributed by atoms with Gasteiger partial charge in [0.25, 0.3) is 0 Å². The molecule has 1 saturated carbocycles. The van der Waals surface area contributed by atoms with Crippen molar-refractivity contribution in [1.29, 1.82) is 5.26 Å². The van der Waals surface area contributed by atoms with E-state index in [0.29, 0.717) is 5.92 Å². The summed E-state index contributed by atoms with van der Waals surface area (Å²) in [6, 6.07) is 8.91. The minimum atomic E-state index is -0.227. The molecule has 0 N–H and O–H groups in total. The molecule has 1 aromatic rings. The fourth-order valence-corrected chi connectivity index (χ4v) is 3.50. The van der Waals surface area contributed by atoms with Crippen molar-refractivity contribution in [3.8, 4) is 6.07 Å². The lowest BCUT2D eigenvalue weighted by molar-refractivity contribution is 0.370. The van der Waals surface area contributed by atoms with Gasteiger partial charge in [-0.1, -0.05) is 25.3 Å². The number of thioether (sulfide) groups is 1. The highest BCUT2D eigenvalue weighted by Gasteiger charge is 2.24. The third kappa shape index (κ3) is 3.47. The van der Waals surface area contributed by atoms with Crippen LogP contribution in [-0.4, -0.2) is 5.25 Å². The second-order valence-corrected chi connectivity index (χ2v) is 5.74. The van der Waals surface area contributed by atoms with Crippen LogP contribution in [0.15, 0.2) is 29.2 Å². The molecule has 1 aromatic carbocycles. The molecular weight excluding hydrogens is 233 g/mol. The maximum Gasteiger partial charge on any atom is 0.124 e. The first-order valence-corrected chi connectivity index (χ1v) is 6.99. The molecule has 1 atom stereocenters. The van der Waals surface area contributed by atoms with E-state index in [4.69, 9.17) is 0 Å². The predicted octanol–water partition coefficient (Wildman–Crippen LogP) is 4.39. The van der Waals surface area contributed by atoms with Gasteiger partial charge in [0.05, 0.1) is 11.3 Å². The standard InChI is InChI=1S/C14H16FNS/c15-12-7-4-8-13(9-12)17-14(10-16)11-5-2-1-3-6-11/h4,7-9,11,14H,1-3,5-6H2. The van der Waals surface area contributed by atoms with Crippen molar-refractivity contribution >= 4 is 11.8 Å². The number of nitriles is 1. The summed E-state index contributed by atoms with van der Waals surface area (Å²) in [5.74, 6) is 0.248. The molecule has 17 heavy (non-hydrogen) atoms.